The second kappa shape index (κ2) is 9.14. The number of rotatable bonds is 7. The number of ether oxygens (including phenoxy) is 1. The van der Waals surface area contributed by atoms with Gasteiger partial charge in [-0.25, -0.2) is 17.4 Å². The molecule has 11 heteroatoms. The lowest BCUT2D eigenvalue weighted by atomic mass is 10.0. The molecule has 0 aliphatic heterocycles. The number of carbonyl (C=O) groups is 1. The van der Waals surface area contributed by atoms with E-state index in [0.29, 0.717) is 27.7 Å². The number of fused-ring (bicyclic) bond motifs is 1. The van der Waals surface area contributed by atoms with Crippen LogP contribution >= 0.6 is 0 Å². The Kier molecular flexibility index (Phi) is 6.27. The van der Waals surface area contributed by atoms with Crippen LogP contribution in [0, 0.1) is 0 Å². The number of esters is 1. The van der Waals surface area contributed by atoms with Crippen molar-refractivity contribution < 1.29 is 26.7 Å². The number of carbonyl (C=O) groups excluding carboxylic acids is 1. The molecule has 170 valence electrons. The van der Waals surface area contributed by atoms with Crippen LogP contribution in [0.4, 0.5) is 5.69 Å². The first-order valence-corrected chi connectivity index (χ1v) is 12.4. The van der Waals surface area contributed by atoms with Crippen molar-refractivity contribution in [3.05, 3.63) is 77.9 Å². The summed E-state index contributed by atoms with van der Waals surface area (Å²) in [6.07, 6.45) is 0. The number of H-pyrrole nitrogens is 1. The Morgan fingerprint density at radius 1 is 1.12 bits per heavy atom. The highest BCUT2D eigenvalue weighted by atomic mass is 32.2. The van der Waals surface area contributed by atoms with E-state index in [-0.39, 0.29) is 21.9 Å². The average molecular weight is 486 g/mol. The van der Waals surface area contributed by atoms with Gasteiger partial charge in [-0.1, -0.05) is 30.3 Å². The van der Waals surface area contributed by atoms with E-state index in [1.54, 1.807) is 54.6 Å². The number of methoxy groups -OCH3 is 1. The Labute approximate surface area is 192 Å². The van der Waals surface area contributed by atoms with Crippen LogP contribution in [-0.2, 0) is 31.6 Å². The Morgan fingerprint density at radius 3 is 2.67 bits per heavy atom. The molecule has 1 atom stereocenters. The minimum Gasteiger partial charge on any atom is -0.465 e. The smallest absolute Gasteiger partial charge is 0.337 e. The summed E-state index contributed by atoms with van der Waals surface area (Å²) in [6, 6.07) is 17.7. The minimum absolute atomic E-state index is 0.0781. The first-order valence-electron chi connectivity index (χ1n) is 9.63. The van der Waals surface area contributed by atoms with Gasteiger partial charge in [0.05, 0.1) is 34.5 Å². The summed E-state index contributed by atoms with van der Waals surface area (Å²) in [6.45, 7) is 0. The summed E-state index contributed by atoms with van der Waals surface area (Å²) in [5.74, 6) is -0.786. The number of benzene rings is 3. The summed E-state index contributed by atoms with van der Waals surface area (Å²) in [7, 11) is -2.73. The zero-order chi connectivity index (χ0) is 23.6. The molecule has 1 heterocycles. The Bertz CT molecular complexity index is 1480. The van der Waals surface area contributed by atoms with Crippen LogP contribution in [0.25, 0.3) is 22.2 Å². The van der Waals surface area contributed by atoms with Crippen LogP contribution in [0.1, 0.15) is 15.9 Å². The lowest BCUT2D eigenvalue weighted by Gasteiger charge is -2.12. The SMILES string of the molecule is COC(=O)c1cccc(-c2n[nH]c3ccc(NS(=O)(=O)c4ccccc4CS(=O)O)cc23)c1. The molecule has 0 spiro atoms. The fraction of sp³-hybridized carbons (Fsp3) is 0.0909. The first kappa shape index (κ1) is 22.6. The fourth-order valence-corrected chi connectivity index (χ4v) is 5.34. The highest BCUT2D eigenvalue weighted by Crippen LogP contribution is 2.30. The normalized spacial score (nSPS) is 12.4. The molecule has 1 unspecified atom stereocenters. The van der Waals surface area contributed by atoms with E-state index in [2.05, 4.69) is 14.9 Å². The van der Waals surface area contributed by atoms with Gasteiger partial charge in [0.15, 0.2) is 11.1 Å². The van der Waals surface area contributed by atoms with E-state index in [4.69, 9.17) is 4.74 Å². The molecule has 0 saturated carbocycles. The van der Waals surface area contributed by atoms with E-state index in [1.807, 2.05) is 0 Å². The predicted molar refractivity (Wildman–Crippen MR) is 125 cm³/mol. The third-order valence-electron chi connectivity index (χ3n) is 4.91. The molecule has 33 heavy (non-hydrogen) atoms. The van der Waals surface area contributed by atoms with Crippen molar-refractivity contribution >= 4 is 43.7 Å². The molecular weight excluding hydrogens is 466 g/mol. The molecular formula is C22H19N3O6S2. The third kappa shape index (κ3) is 4.80. The van der Waals surface area contributed by atoms with Crippen LogP contribution < -0.4 is 4.72 Å². The van der Waals surface area contributed by atoms with Gasteiger partial charge in [-0.3, -0.25) is 9.82 Å². The van der Waals surface area contributed by atoms with Gasteiger partial charge in [0.1, 0.15) is 0 Å². The van der Waals surface area contributed by atoms with Crippen LogP contribution in [0.2, 0.25) is 0 Å². The molecule has 9 nitrogen and oxygen atoms in total. The van der Waals surface area contributed by atoms with Crippen molar-refractivity contribution in [1.29, 1.82) is 0 Å². The number of nitrogens with one attached hydrogen (secondary N) is 2. The molecule has 0 fully saturated rings. The van der Waals surface area contributed by atoms with Crippen LogP contribution in [-0.4, -0.2) is 40.5 Å². The van der Waals surface area contributed by atoms with Crippen LogP contribution in [0.15, 0.2) is 71.6 Å². The molecule has 3 aromatic carbocycles. The first-order chi connectivity index (χ1) is 15.8. The van der Waals surface area contributed by atoms with E-state index in [0.717, 1.165) is 0 Å². The van der Waals surface area contributed by atoms with E-state index in [9.17, 15) is 22.0 Å². The number of anilines is 1. The molecule has 0 saturated heterocycles. The second-order valence-corrected chi connectivity index (χ2v) is 9.67. The van der Waals surface area contributed by atoms with Gasteiger partial charge in [0, 0.05) is 16.6 Å². The molecule has 4 rings (SSSR count). The summed E-state index contributed by atoms with van der Waals surface area (Å²) in [5.41, 5.74) is 2.74. The van der Waals surface area contributed by atoms with Crippen molar-refractivity contribution in [2.24, 2.45) is 0 Å². The van der Waals surface area contributed by atoms with Crippen molar-refractivity contribution in [3.63, 3.8) is 0 Å². The molecule has 0 amide bonds. The van der Waals surface area contributed by atoms with Gasteiger partial charge in [0.25, 0.3) is 10.0 Å². The summed E-state index contributed by atoms with van der Waals surface area (Å²) >= 11 is -2.19. The standard InChI is InChI=1S/C22H19N3O6S2/c1-31-22(26)15-7-4-6-14(11-15)21-18-12-17(9-10-19(18)23-24-21)25-33(29,30)20-8-3-2-5-16(20)13-32(27)28/h2-12,25H,13H2,1H3,(H,23,24)(H,27,28). The second-order valence-electron chi connectivity index (χ2n) is 7.08. The maximum atomic E-state index is 13.0. The highest BCUT2D eigenvalue weighted by molar-refractivity contribution is 7.92. The summed E-state index contributed by atoms with van der Waals surface area (Å²) in [4.78, 5) is 11.8. The van der Waals surface area contributed by atoms with E-state index < -0.39 is 27.1 Å². The number of nitrogens with zero attached hydrogens (tertiary/aromatic N) is 1. The lowest BCUT2D eigenvalue weighted by Crippen LogP contribution is -2.15. The predicted octanol–water partition coefficient (Wildman–Crippen LogP) is 3.54. The quantitative estimate of drug-likeness (QED) is 0.269. The number of aromatic nitrogens is 2. The zero-order valence-corrected chi connectivity index (χ0v) is 18.9. The molecule has 0 aliphatic rings. The van der Waals surface area contributed by atoms with Crippen LogP contribution in [0.3, 0.4) is 0 Å². The molecule has 1 aromatic heterocycles. The molecule has 0 radical (unpaired) electrons. The van der Waals surface area contributed by atoms with Gasteiger partial charge >= 0.3 is 5.97 Å². The Hall–Kier alpha value is -3.54. The number of sulfonamides is 1. The van der Waals surface area contributed by atoms with Gasteiger partial charge < -0.3 is 9.29 Å². The minimum atomic E-state index is -4.03. The maximum absolute atomic E-state index is 13.0. The van der Waals surface area contributed by atoms with Gasteiger partial charge in [-0.15, -0.1) is 0 Å². The van der Waals surface area contributed by atoms with E-state index in [1.165, 1.54) is 19.2 Å². The van der Waals surface area contributed by atoms with E-state index >= 15 is 0 Å². The maximum Gasteiger partial charge on any atom is 0.337 e. The molecule has 3 N–H and O–H groups in total. The number of hydrogen-bond acceptors (Lipinski definition) is 6. The third-order valence-corrected chi connectivity index (χ3v) is 6.95. The van der Waals surface area contributed by atoms with Crippen molar-refractivity contribution in [2.45, 2.75) is 10.6 Å². The van der Waals surface area contributed by atoms with Crippen molar-refractivity contribution in [2.75, 3.05) is 11.8 Å². The van der Waals surface area contributed by atoms with Gasteiger partial charge in [0.2, 0.25) is 0 Å². The zero-order valence-electron chi connectivity index (χ0n) is 17.3. The van der Waals surface area contributed by atoms with Gasteiger partial charge in [-0.05, 0) is 42.0 Å². The largest absolute Gasteiger partial charge is 0.465 e. The van der Waals surface area contributed by atoms with Crippen LogP contribution in [0.5, 0.6) is 0 Å². The highest BCUT2D eigenvalue weighted by Gasteiger charge is 2.20. The lowest BCUT2D eigenvalue weighted by molar-refractivity contribution is 0.0600. The fourth-order valence-electron chi connectivity index (χ4n) is 3.44. The number of hydrogen-bond donors (Lipinski definition) is 3. The Balaban J connectivity index is 1.72. The Morgan fingerprint density at radius 2 is 1.91 bits per heavy atom. The van der Waals surface area contributed by atoms with Crippen molar-refractivity contribution in [3.8, 4) is 11.3 Å². The molecule has 0 bridgehead atoms. The summed E-state index contributed by atoms with van der Waals surface area (Å²) < 4.78 is 53.8. The number of aromatic amines is 1. The average Bonchev–Trinajstić information content (AvgIpc) is 3.21. The topological polar surface area (TPSA) is 138 Å². The summed E-state index contributed by atoms with van der Waals surface area (Å²) in [5, 5.41) is 7.86. The van der Waals surface area contributed by atoms with Crippen molar-refractivity contribution in [1.82, 2.24) is 10.2 Å². The molecule has 4 aromatic rings. The molecule has 0 aliphatic carbocycles. The monoisotopic (exact) mass is 485 g/mol. The van der Waals surface area contributed by atoms with Gasteiger partial charge in [-0.2, -0.15) is 5.10 Å².